The molecule has 0 saturated heterocycles. The third-order valence-electron chi connectivity index (χ3n) is 3.66. The molecular formula is C18H20O4. The predicted octanol–water partition coefficient (Wildman–Crippen LogP) is 3.28. The first-order chi connectivity index (χ1) is 10.6. The average molecular weight is 300 g/mol. The molecule has 4 heteroatoms. The number of rotatable bonds is 6. The van der Waals surface area contributed by atoms with E-state index in [4.69, 9.17) is 14.2 Å². The Kier molecular flexibility index (Phi) is 5.31. The molecule has 2 rings (SSSR count). The Balaban J connectivity index is 2.18. The first-order valence-electron chi connectivity index (χ1n) is 6.98. The number of ketones is 1. The van der Waals surface area contributed by atoms with Gasteiger partial charge in [-0.05, 0) is 18.2 Å². The molecule has 0 unspecified atom stereocenters. The van der Waals surface area contributed by atoms with Gasteiger partial charge in [-0.1, -0.05) is 36.4 Å². The molecule has 1 aromatic carbocycles. The topological polar surface area (TPSA) is 44.8 Å². The molecule has 22 heavy (non-hydrogen) atoms. The van der Waals surface area contributed by atoms with Crippen LogP contribution in [0.15, 0.2) is 66.0 Å². The van der Waals surface area contributed by atoms with E-state index in [0.29, 0.717) is 17.7 Å². The highest BCUT2D eigenvalue weighted by molar-refractivity contribution is 6.04. The molecule has 0 aliphatic heterocycles. The van der Waals surface area contributed by atoms with Gasteiger partial charge in [-0.2, -0.15) is 0 Å². The highest BCUT2D eigenvalue weighted by Gasteiger charge is 2.32. The minimum atomic E-state index is -0.813. The molecule has 0 saturated carbocycles. The lowest BCUT2D eigenvalue weighted by molar-refractivity contribution is -0.174. The lowest BCUT2D eigenvalue weighted by Crippen LogP contribution is -2.34. The summed E-state index contributed by atoms with van der Waals surface area (Å²) in [5.74, 6) is -0.151. The maximum Gasteiger partial charge on any atom is 0.194 e. The standard InChI is InChI=1S/C18H20O4/c1-20-17-13-18(21-2,22-3)12-11-15(17)9-10-16(19)14-7-5-4-6-8-14/h4-12H,13H2,1-3H3. The Morgan fingerprint density at radius 3 is 2.41 bits per heavy atom. The predicted molar refractivity (Wildman–Crippen MR) is 84.5 cm³/mol. The minimum Gasteiger partial charge on any atom is -0.500 e. The molecule has 0 heterocycles. The van der Waals surface area contributed by atoms with Gasteiger partial charge in [-0.15, -0.1) is 0 Å². The molecule has 0 amide bonds. The van der Waals surface area contributed by atoms with Gasteiger partial charge in [0.25, 0.3) is 0 Å². The number of methoxy groups -OCH3 is 3. The normalized spacial score (nSPS) is 17.0. The first-order valence-corrected chi connectivity index (χ1v) is 6.98. The van der Waals surface area contributed by atoms with Crippen LogP contribution in [0.25, 0.3) is 0 Å². The van der Waals surface area contributed by atoms with Crippen molar-refractivity contribution in [1.82, 2.24) is 0 Å². The quantitative estimate of drug-likeness (QED) is 0.459. The van der Waals surface area contributed by atoms with E-state index in [2.05, 4.69) is 0 Å². The van der Waals surface area contributed by atoms with E-state index in [1.165, 1.54) is 0 Å². The maximum absolute atomic E-state index is 12.1. The summed E-state index contributed by atoms with van der Waals surface area (Å²) in [6, 6.07) is 9.14. The summed E-state index contributed by atoms with van der Waals surface area (Å²) in [6.07, 6.45) is 7.40. The average Bonchev–Trinajstić information content (AvgIpc) is 2.60. The molecule has 0 radical (unpaired) electrons. The van der Waals surface area contributed by atoms with E-state index in [9.17, 15) is 4.79 Å². The Morgan fingerprint density at radius 2 is 1.82 bits per heavy atom. The van der Waals surface area contributed by atoms with Crippen LogP contribution in [-0.2, 0) is 14.2 Å². The minimum absolute atomic E-state index is 0.0488. The van der Waals surface area contributed by atoms with Crippen molar-refractivity contribution in [3.63, 3.8) is 0 Å². The second-order valence-corrected chi connectivity index (χ2v) is 4.88. The number of allylic oxidation sites excluding steroid dienone is 4. The SMILES string of the molecule is COC1=C(C=CC(=O)c2ccccc2)C=CC(OC)(OC)C1. The summed E-state index contributed by atoms with van der Waals surface area (Å²) in [7, 11) is 4.76. The number of carbonyl (C=O) groups excluding carboxylic acids is 1. The largest absolute Gasteiger partial charge is 0.500 e. The van der Waals surface area contributed by atoms with Crippen molar-refractivity contribution in [3.05, 3.63) is 71.5 Å². The zero-order valence-corrected chi connectivity index (χ0v) is 13.0. The molecule has 0 N–H and O–H groups in total. The number of hydrogen-bond acceptors (Lipinski definition) is 4. The van der Waals surface area contributed by atoms with Gasteiger partial charge in [0.15, 0.2) is 11.6 Å². The van der Waals surface area contributed by atoms with E-state index in [1.807, 2.05) is 30.4 Å². The molecule has 116 valence electrons. The van der Waals surface area contributed by atoms with Gasteiger partial charge in [0.2, 0.25) is 0 Å². The van der Waals surface area contributed by atoms with Crippen LogP contribution < -0.4 is 0 Å². The molecule has 0 atom stereocenters. The van der Waals surface area contributed by atoms with Gasteiger partial charge >= 0.3 is 0 Å². The molecule has 1 aliphatic rings. The van der Waals surface area contributed by atoms with Crippen LogP contribution in [-0.4, -0.2) is 32.9 Å². The molecule has 1 aliphatic carbocycles. The van der Waals surface area contributed by atoms with Crippen LogP contribution in [0.3, 0.4) is 0 Å². The van der Waals surface area contributed by atoms with Crippen molar-refractivity contribution < 1.29 is 19.0 Å². The van der Waals surface area contributed by atoms with Crippen LogP contribution in [0.4, 0.5) is 0 Å². The number of ether oxygens (including phenoxy) is 3. The molecule has 4 nitrogen and oxygen atoms in total. The molecule has 1 aromatic rings. The smallest absolute Gasteiger partial charge is 0.194 e. The third-order valence-corrected chi connectivity index (χ3v) is 3.66. The second-order valence-electron chi connectivity index (χ2n) is 4.88. The van der Waals surface area contributed by atoms with Crippen molar-refractivity contribution in [1.29, 1.82) is 0 Å². The van der Waals surface area contributed by atoms with Crippen LogP contribution >= 0.6 is 0 Å². The van der Waals surface area contributed by atoms with E-state index in [1.54, 1.807) is 45.6 Å². The zero-order valence-electron chi connectivity index (χ0n) is 13.0. The molecular weight excluding hydrogens is 280 g/mol. The molecule has 0 spiro atoms. The van der Waals surface area contributed by atoms with Crippen LogP contribution in [0.5, 0.6) is 0 Å². The van der Waals surface area contributed by atoms with Crippen molar-refractivity contribution in [2.75, 3.05) is 21.3 Å². The monoisotopic (exact) mass is 300 g/mol. The fourth-order valence-electron chi connectivity index (χ4n) is 2.26. The Hall–Kier alpha value is -2.17. The summed E-state index contributed by atoms with van der Waals surface area (Å²) in [5, 5.41) is 0. The van der Waals surface area contributed by atoms with Crippen molar-refractivity contribution in [2.24, 2.45) is 0 Å². The van der Waals surface area contributed by atoms with Gasteiger partial charge in [-0.3, -0.25) is 4.79 Å². The summed E-state index contributed by atoms with van der Waals surface area (Å²) in [5.41, 5.74) is 1.48. The van der Waals surface area contributed by atoms with Gasteiger partial charge in [0.1, 0.15) is 5.76 Å². The Labute approximate surface area is 130 Å². The number of hydrogen-bond donors (Lipinski definition) is 0. The first kappa shape index (κ1) is 16.2. The Bertz CT molecular complexity index is 607. The van der Waals surface area contributed by atoms with E-state index in [-0.39, 0.29) is 5.78 Å². The van der Waals surface area contributed by atoms with Gasteiger partial charge < -0.3 is 14.2 Å². The second kappa shape index (κ2) is 7.20. The summed E-state index contributed by atoms with van der Waals surface area (Å²) >= 11 is 0. The lowest BCUT2D eigenvalue weighted by atomic mass is 9.98. The van der Waals surface area contributed by atoms with Gasteiger partial charge in [-0.25, -0.2) is 0 Å². The number of carbonyl (C=O) groups is 1. The van der Waals surface area contributed by atoms with Crippen LogP contribution in [0, 0.1) is 0 Å². The van der Waals surface area contributed by atoms with E-state index < -0.39 is 5.79 Å². The highest BCUT2D eigenvalue weighted by Crippen LogP contribution is 2.31. The van der Waals surface area contributed by atoms with Gasteiger partial charge in [0, 0.05) is 25.4 Å². The van der Waals surface area contributed by atoms with Crippen molar-refractivity contribution >= 4 is 5.78 Å². The molecule has 0 bridgehead atoms. The van der Waals surface area contributed by atoms with Crippen molar-refractivity contribution in [3.8, 4) is 0 Å². The number of benzene rings is 1. The lowest BCUT2D eigenvalue weighted by Gasteiger charge is -2.31. The molecule has 0 fully saturated rings. The van der Waals surface area contributed by atoms with E-state index in [0.717, 1.165) is 5.57 Å². The fraction of sp³-hybridized carbons (Fsp3) is 0.278. The third kappa shape index (κ3) is 3.53. The highest BCUT2D eigenvalue weighted by atomic mass is 16.7. The molecule has 0 aromatic heterocycles. The summed E-state index contributed by atoms with van der Waals surface area (Å²) in [6.45, 7) is 0. The van der Waals surface area contributed by atoms with Gasteiger partial charge in [0.05, 0.1) is 13.5 Å². The van der Waals surface area contributed by atoms with Crippen LogP contribution in [0.1, 0.15) is 16.8 Å². The zero-order chi connectivity index (χ0) is 16.0. The maximum atomic E-state index is 12.1. The van der Waals surface area contributed by atoms with Crippen molar-refractivity contribution in [2.45, 2.75) is 12.2 Å². The summed E-state index contributed by atoms with van der Waals surface area (Å²) in [4.78, 5) is 12.1. The summed E-state index contributed by atoms with van der Waals surface area (Å²) < 4.78 is 16.2. The van der Waals surface area contributed by atoms with E-state index >= 15 is 0 Å². The van der Waals surface area contributed by atoms with Crippen LogP contribution in [0.2, 0.25) is 0 Å². The fourth-order valence-corrected chi connectivity index (χ4v) is 2.26. The Morgan fingerprint density at radius 1 is 1.14 bits per heavy atom.